The van der Waals surface area contributed by atoms with Gasteiger partial charge in [0, 0.05) is 12.8 Å². The zero-order valence-corrected chi connectivity index (χ0v) is 8.55. The Morgan fingerprint density at radius 1 is 1.31 bits per heavy atom. The lowest BCUT2D eigenvalue weighted by Gasteiger charge is -2.45. The van der Waals surface area contributed by atoms with E-state index in [4.69, 9.17) is 0 Å². The maximum Gasteiger partial charge on any atom is 0.226 e. The lowest BCUT2D eigenvalue weighted by molar-refractivity contribution is -0.941. The van der Waals surface area contributed by atoms with Crippen molar-refractivity contribution in [1.82, 2.24) is 5.32 Å². The first-order valence-electron chi connectivity index (χ1n) is 5.21. The normalized spacial score (nSPS) is 37.8. The molecule has 2 bridgehead atoms. The molecule has 2 fully saturated rings. The summed E-state index contributed by atoms with van der Waals surface area (Å²) in [5.74, 6) is 0.251. The first kappa shape index (κ1) is 9.00. The highest BCUT2D eigenvalue weighted by Gasteiger charge is 2.42. The van der Waals surface area contributed by atoms with Crippen molar-refractivity contribution in [3.8, 4) is 0 Å². The number of fused-ring (bicyclic) bond motifs is 2. The molecule has 2 heterocycles. The van der Waals surface area contributed by atoms with E-state index in [1.807, 2.05) is 0 Å². The molecule has 2 rings (SSSR count). The van der Waals surface area contributed by atoms with Crippen LogP contribution in [-0.4, -0.2) is 43.1 Å². The Hall–Kier alpha value is -0.570. The van der Waals surface area contributed by atoms with Crippen molar-refractivity contribution in [1.29, 1.82) is 0 Å². The van der Waals surface area contributed by atoms with E-state index < -0.39 is 0 Å². The molecule has 1 N–H and O–H groups in total. The van der Waals surface area contributed by atoms with Gasteiger partial charge in [0.25, 0.3) is 0 Å². The number of nitrogens with one attached hydrogen (secondary N) is 1. The Labute approximate surface area is 79.7 Å². The monoisotopic (exact) mass is 183 g/mol. The van der Waals surface area contributed by atoms with E-state index in [0.29, 0.717) is 12.1 Å². The minimum atomic E-state index is 0.251. The summed E-state index contributed by atoms with van der Waals surface area (Å²) in [7, 11) is 4.55. The molecule has 0 aromatic rings. The largest absolute Gasteiger partial charge is 0.350 e. The Kier molecular flexibility index (Phi) is 2.06. The Morgan fingerprint density at radius 2 is 2.00 bits per heavy atom. The average molecular weight is 183 g/mol. The van der Waals surface area contributed by atoms with Crippen LogP contribution in [-0.2, 0) is 4.79 Å². The molecule has 0 radical (unpaired) electrons. The van der Waals surface area contributed by atoms with E-state index in [1.165, 1.54) is 19.3 Å². The third-order valence-corrected chi connectivity index (χ3v) is 3.91. The molecule has 0 aliphatic carbocycles. The number of quaternary nitrogens is 1. The molecule has 0 aromatic heterocycles. The molecule has 74 valence electrons. The lowest BCUT2D eigenvalue weighted by atomic mass is 9.92. The van der Waals surface area contributed by atoms with Gasteiger partial charge in [0.05, 0.1) is 33.1 Å². The maximum absolute atomic E-state index is 11.4. The predicted octanol–water partition coefficient (Wildman–Crippen LogP) is 0.504. The summed E-state index contributed by atoms with van der Waals surface area (Å²) in [6.45, 7) is 0.877. The van der Waals surface area contributed by atoms with Crippen molar-refractivity contribution in [2.75, 3.05) is 20.6 Å². The van der Waals surface area contributed by atoms with E-state index in [2.05, 4.69) is 19.4 Å². The first-order valence-corrected chi connectivity index (χ1v) is 5.21. The van der Waals surface area contributed by atoms with Gasteiger partial charge in [-0.15, -0.1) is 0 Å². The van der Waals surface area contributed by atoms with Crippen LogP contribution in [0.2, 0.25) is 0 Å². The fourth-order valence-corrected chi connectivity index (χ4v) is 2.75. The van der Waals surface area contributed by atoms with Gasteiger partial charge in [-0.25, -0.2) is 0 Å². The summed E-state index contributed by atoms with van der Waals surface area (Å²) in [5, 5.41) is 3.02. The highest BCUT2D eigenvalue weighted by atomic mass is 16.1. The molecule has 2 saturated heterocycles. The predicted molar refractivity (Wildman–Crippen MR) is 51.2 cm³/mol. The van der Waals surface area contributed by atoms with Gasteiger partial charge in [-0.1, -0.05) is 0 Å². The van der Waals surface area contributed by atoms with Gasteiger partial charge < -0.3 is 9.80 Å². The van der Waals surface area contributed by atoms with Crippen LogP contribution in [0.1, 0.15) is 25.7 Å². The van der Waals surface area contributed by atoms with E-state index in [-0.39, 0.29) is 5.91 Å². The number of hydrogen-bond acceptors (Lipinski definition) is 1. The molecular formula is C10H19N2O+. The van der Waals surface area contributed by atoms with Gasteiger partial charge in [-0.2, -0.15) is 0 Å². The fraction of sp³-hybridized carbons (Fsp3) is 0.900. The second-order valence-corrected chi connectivity index (χ2v) is 4.88. The molecule has 2 aliphatic rings. The summed E-state index contributed by atoms with van der Waals surface area (Å²) >= 11 is 0. The number of carbonyl (C=O) groups is 1. The number of piperidine rings is 1. The second kappa shape index (κ2) is 2.98. The third-order valence-electron chi connectivity index (χ3n) is 3.91. The second-order valence-electron chi connectivity index (χ2n) is 4.88. The van der Waals surface area contributed by atoms with Crippen LogP contribution in [0, 0.1) is 0 Å². The Morgan fingerprint density at radius 3 is 2.77 bits per heavy atom. The van der Waals surface area contributed by atoms with Gasteiger partial charge in [0.15, 0.2) is 0 Å². The first-order chi connectivity index (χ1) is 6.10. The zero-order valence-electron chi connectivity index (χ0n) is 8.55. The molecular weight excluding hydrogens is 164 g/mol. The number of amides is 1. The molecule has 0 spiro atoms. The zero-order chi connectivity index (χ0) is 9.47. The van der Waals surface area contributed by atoms with Gasteiger partial charge >= 0.3 is 0 Å². The van der Waals surface area contributed by atoms with Gasteiger partial charge in [0.1, 0.15) is 6.04 Å². The summed E-state index contributed by atoms with van der Waals surface area (Å²) in [4.78, 5) is 11.4. The van der Waals surface area contributed by atoms with Crippen molar-refractivity contribution in [3.05, 3.63) is 0 Å². The van der Waals surface area contributed by atoms with Crippen LogP contribution >= 0.6 is 0 Å². The minimum absolute atomic E-state index is 0.251. The van der Waals surface area contributed by atoms with Crippen LogP contribution in [0.15, 0.2) is 0 Å². The Bertz CT molecular complexity index is 225. The SMILES string of the molecule is C[N+]1(C)[C@@H]2CCC[C@H]1CNC(=O)C2. The molecule has 1 amide bonds. The molecule has 2 atom stereocenters. The van der Waals surface area contributed by atoms with Crippen molar-refractivity contribution in [2.45, 2.75) is 37.8 Å². The van der Waals surface area contributed by atoms with Crippen LogP contribution in [0.4, 0.5) is 0 Å². The van der Waals surface area contributed by atoms with Crippen LogP contribution in [0.3, 0.4) is 0 Å². The summed E-state index contributed by atoms with van der Waals surface area (Å²) in [5.41, 5.74) is 0. The summed E-state index contributed by atoms with van der Waals surface area (Å²) in [6, 6.07) is 1.20. The highest BCUT2D eigenvalue weighted by Crippen LogP contribution is 2.30. The van der Waals surface area contributed by atoms with Gasteiger partial charge in [-0.3, -0.25) is 4.79 Å². The molecule has 0 aromatic carbocycles. The van der Waals surface area contributed by atoms with Crippen molar-refractivity contribution >= 4 is 5.91 Å². The molecule has 0 saturated carbocycles. The molecule has 2 aliphatic heterocycles. The average Bonchev–Trinajstić information content (AvgIpc) is 2.17. The number of carbonyl (C=O) groups excluding carboxylic acids is 1. The molecule has 13 heavy (non-hydrogen) atoms. The highest BCUT2D eigenvalue weighted by molar-refractivity contribution is 5.76. The van der Waals surface area contributed by atoms with E-state index in [1.54, 1.807) is 0 Å². The van der Waals surface area contributed by atoms with Gasteiger partial charge in [-0.05, 0) is 6.42 Å². The minimum Gasteiger partial charge on any atom is -0.350 e. The van der Waals surface area contributed by atoms with E-state index in [0.717, 1.165) is 17.4 Å². The number of hydrogen-bond donors (Lipinski definition) is 1. The molecule has 3 heteroatoms. The van der Waals surface area contributed by atoms with E-state index in [9.17, 15) is 4.79 Å². The van der Waals surface area contributed by atoms with Gasteiger partial charge in [0.2, 0.25) is 5.91 Å². The van der Waals surface area contributed by atoms with Crippen LogP contribution in [0.5, 0.6) is 0 Å². The standard InChI is InChI=1S/C10H18N2O/c1-12(2)8-4-3-5-9(12)7-11-10(13)6-8/h8-9H,3-7H2,1-2H3/p+1/t8-,9+/m1/s1. The number of rotatable bonds is 0. The van der Waals surface area contributed by atoms with Crippen LogP contribution < -0.4 is 5.32 Å². The topological polar surface area (TPSA) is 29.1 Å². The quantitative estimate of drug-likeness (QED) is 0.545. The number of likely N-dealkylation sites (N-methyl/N-ethyl adjacent to an activating group) is 1. The summed E-state index contributed by atoms with van der Waals surface area (Å²) < 4.78 is 1.04. The van der Waals surface area contributed by atoms with Crippen molar-refractivity contribution < 1.29 is 9.28 Å². The molecule has 3 nitrogen and oxygen atoms in total. The van der Waals surface area contributed by atoms with Crippen molar-refractivity contribution in [2.24, 2.45) is 0 Å². The Balaban J connectivity index is 2.24. The molecule has 0 unspecified atom stereocenters. The third kappa shape index (κ3) is 1.46. The van der Waals surface area contributed by atoms with E-state index >= 15 is 0 Å². The van der Waals surface area contributed by atoms with Crippen LogP contribution in [0.25, 0.3) is 0 Å². The summed E-state index contributed by atoms with van der Waals surface area (Å²) in [6.07, 6.45) is 4.51. The maximum atomic E-state index is 11.4. The smallest absolute Gasteiger partial charge is 0.226 e. The fourth-order valence-electron chi connectivity index (χ4n) is 2.75. The lowest BCUT2D eigenvalue weighted by Crippen LogP contribution is -2.58. The number of nitrogens with zero attached hydrogens (tertiary/aromatic N) is 1. The van der Waals surface area contributed by atoms with Crippen molar-refractivity contribution in [3.63, 3.8) is 0 Å².